The van der Waals surface area contributed by atoms with Gasteiger partial charge in [-0.15, -0.1) is 0 Å². The monoisotopic (exact) mass is 179 g/mol. The van der Waals surface area contributed by atoms with Gasteiger partial charge in [-0.05, 0) is 12.1 Å². The molecule has 0 aromatic heterocycles. The van der Waals surface area contributed by atoms with Gasteiger partial charge < -0.3 is 14.6 Å². The second kappa shape index (κ2) is 3.68. The molecular weight excluding hydrogens is 170 g/mol. The molecule has 0 amide bonds. The van der Waals surface area contributed by atoms with Gasteiger partial charge in [0.15, 0.2) is 11.5 Å². The first kappa shape index (κ1) is 9.20. The second-order valence-corrected chi connectivity index (χ2v) is 2.31. The van der Waals surface area contributed by atoms with Crippen LogP contribution in [0.1, 0.15) is 5.56 Å². The summed E-state index contributed by atoms with van der Waals surface area (Å²) in [5.41, 5.74) is 0.199. The van der Waals surface area contributed by atoms with E-state index in [4.69, 9.17) is 14.7 Å². The van der Waals surface area contributed by atoms with Crippen LogP contribution in [0.15, 0.2) is 12.1 Å². The zero-order chi connectivity index (χ0) is 9.84. The Morgan fingerprint density at radius 2 is 2.00 bits per heavy atom. The lowest BCUT2D eigenvalue weighted by Gasteiger charge is -2.08. The lowest BCUT2D eigenvalue weighted by atomic mass is 10.2. The molecule has 0 heterocycles. The molecule has 1 aromatic rings. The van der Waals surface area contributed by atoms with Crippen LogP contribution < -0.4 is 9.47 Å². The van der Waals surface area contributed by atoms with Crippen molar-refractivity contribution in [3.05, 3.63) is 17.7 Å². The number of nitriles is 1. The normalized spacial score (nSPS) is 9.00. The summed E-state index contributed by atoms with van der Waals surface area (Å²) >= 11 is 0. The highest BCUT2D eigenvalue weighted by atomic mass is 16.5. The van der Waals surface area contributed by atoms with Crippen molar-refractivity contribution in [1.82, 2.24) is 0 Å². The number of hydrogen-bond donors (Lipinski definition) is 1. The first-order chi connectivity index (χ1) is 6.24. The Hall–Kier alpha value is -1.89. The van der Waals surface area contributed by atoms with Gasteiger partial charge in [0.1, 0.15) is 17.4 Å². The lowest BCUT2D eigenvalue weighted by Crippen LogP contribution is -1.93. The number of phenolic OH excluding ortho intramolecular Hbond substituents is 1. The van der Waals surface area contributed by atoms with E-state index in [9.17, 15) is 5.11 Å². The molecule has 0 radical (unpaired) electrons. The van der Waals surface area contributed by atoms with Crippen LogP contribution in [0.25, 0.3) is 0 Å². The number of phenols is 1. The highest BCUT2D eigenvalue weighted by Crippen LogP contribution is 2.35. The fraction of sp³-hybridized carbons (Fsp3) is 0.222. The van der Waals surface area contributed by atoms with E-state index < -0.39 is 0 Å². The molecule has 4 nitrogen and oxygen atoms in total. The van der Waals surface area contributed by atoms with E-state index in [1.54, 1.807) is 0 Å². The summed E-state index contributed by atoms with van der Waals surface area (Å²) in [6.07, 6.45) is 0. The van der Waals surface area contributed by atoms with Gasteiger partial charge in [0.2, 0.25) is 0 Å². The number of hydrogen-bond acceptors (Lipinski definition) is 4. The maximum Gasteiger partial charge on any atom is 0.182 e. The lowest BCUT2D eigenvalue weighted by molar-refractivity contribution is 0.362. The molecule has 13 heavy (non-hydrogen) atoms. The van der Waals surface area contributed by atoms with E-state index in [-0.39, 0.29) is 17.1 Å². The van der Waals surface area contributed by atoms with Crippen LogP contribution in [-0.4, -0.2) is 19.3 Å². The SMILES string of the molecule is COc1ccc(O)c(OC)c1C#N. The molecule has 68 valence electrons. The predicted octanol–water partition coefficient (Wildman–Crippen LogP) is 1.28. The highest BCUT2D eigenvalue weighted by molar-refractivity contribution is 5.59. The minimum atomic E-state index is -0.0696. The maximum atomic E-state index is 9.31. The third kappa shape index (κ3) is 1.49. The highest BCUT2D eigenvalue weighted by Gasteiger charge is 2.13. The quantitative estimate of drug-likeness (QED) is 0.742. The van der Waals surface area contributed by atoms with Gasteiger partial charge in [0, 0.05) is 0 Å². The zero-order valence-corrected chi connectivity index (χ0v) is 7.37. The van der Waals surface area contributed by atoms with E-state index >= 15 is 0 Å². The molecule has 0 aliphatic carbocycles. The van der Waals surface area contributed by atoms with Gasteiger partial charge in [-0.1, -0.05) is 0 Å². The molecule has 1 rings (SSSR count). The molecule has 0 saturated heterocycles. The molecule has 4 heteroatoms. The molecule has 0 aliphatic heterocycles. The third-order valence-electron chi connectivity index (χ3n) is 1.63. The van der Waals surface area contributed by atoms with Crippen molar-refractivity contribution in [1.29, 1.82) is 5.26 Å². The first-order valence-electron chi connectivity index (χ1n) is 3.58. The van der Waals surface area contributed by atoms with Crippen molar-refractivity contribution < 1.29 is 14.6 Å². The summed E-state index contributed by atoms with van der Waals surface area (Å²) < 4.78 is 9.78. The number of nitrogens with zero attached hydrogens (tertiary/aromatic N) is 1. The molecule has 0 atom stereocenters. The second-order valence-electron chi connectivity index (χ2n) is 2.31. The average molecular weight is 179 g/mol. The number of benzene rings is 1. The summed E-state index contributed by atoms with van der Waals surface area (Å²) in [6.45, 7) is 0. The first-order valence-corrected chi connectivity index (χ1v) is 3.58. The molecule has 1 aromatic carbocycles. The Labute approximate surface area is 75.9 Å². The molecule has 0 bridgehead atoms. The van der Waals surface area contributed by atoms with E-state index in [1.807, 2.05) is 6.07 Å². The summed E-state index contributed by atoms with van der Waals surface area (Å²) in [6, 6.07) is 4.82. The Kier molecular flexibility index (Phi) is 2.60. The standard InChI is InChI=1S/C9H9NO3/c1-12-8-4-3-7(11)9(13-2)6(8)5-10/h3-4,11H,1-2H3. The van der Waals surface area contributed by atoms with Crippen molar-refractivity contribution in [2.75, 3.05) is 14.2 Å². The Balaban J connectivity index is 3.39. The molecule has 0 aliphatic rings. The van der Waals surface area contributed by atoms with Gasteiger partial charge in [-0.2, -0.15) is 5.26 Å². The van der Waals surface area contributed by atoms with Gasteiger partial charge in [0.05, 0.1) is 14.2 Å². The Bertz CT molecular complexity index is 355. The van der Waals surface area contributed by atoms with Crippen LogP contribution in [0.3, 0.4) is 0 Å². The maximum absolute atomic E-state index is 9.31. The number of rotatable bonds is 2. The summed E-state index contributed by atoms with van der Waals surface area (Å²) in [5, 5.41) is 18.1. The van der Waals surface area contributed by atoms with Gasteiger partial charge in [0.25, 0.3) is 0 Å². The van der Waals surface area contributed by atoms with E-state index in [1.165, 1.54) is 26.4 Å². The van der Waals surface area contributed by atoms with Crippen LogP contribution in [0.5, 0.6) is 17.2 Å². The number of aromatic hydroxyl groups is 1. The van der Waals surface area contributed by atoms with E-state index in [0.717, 1.165) is 0 Å². The molecule has 0 unspecified atom stereocenters. The Morgan fingerprint density at radius 1 is 1.31 bits per heavy atom. The van der Waals surface area contributed by atoms with E-state index in [0.29, 0.717) is 5.75 Å². The third-order valence-corrected chi connectivity index (χ3v) is 1.63. The van der Waals surface area contributed by atoms with Crippen LogP contribution in [0, 0.1) is 11.3 Å². The molecule has 0 spiro atoms. The molecule has 0 fully saturated rings. The van der Waals surface area contributed by atoms with Gasteiger partial charge in [-0.25, -0.2) is 0 Å². The van der Waals surface area contributed by atoms with Crippen molar-refractivity contribution in [2.45, 2.75) is 0 Å². The van der Waals surface area contributed by atoms with Crippen LogP contribution in [0.4, 0.5) is 0 Å². The van der Waals surface area contributed by atoms with Crippen molar-refractivity contribution in [3.8, 4) is 23.3 Å². The average Bonchev–Trinajstić information content (AvgIpc) is 2.17. The van der Waals surface area contributed by atoms with Crippen molar-refractivity contribution >= 4 is 0 Å². The molecule has 0 saturated carbocycles. The smallest absolute Gasteiger partial charge is 0.182 e. The van der Waals surface area contributed by atoms with Gasteiger partial charge in [-0.3, -0.25) is 0 Å². The summed E-state index contributed by atoms with van der Waals surface area (Å²) in [5.74, 6) is 0.457. The summed E-state index contributed by atoms with van der Waals surface area (Å²) in [7, 11) is 2.84. The predicted molar refractivity (Wildman–Crippen MR) is 45.9 cm³/mol. The Morgan fingerprint density at radius 3 is 2.46 bits per heavy atom. The summed E-state index contributed by atoms with van der Waals surface area (Å²) in [4.78, 5) is 0. The fourth-order valence-electron chi connectivity index (χ4n) is 1.04. The van der Waals surface area contributed by atoms with Crippen LogP contribution in [0.2, 0.25) is 0 Å². The van der Waals surface area contributed by atoms with Crippen LogP contribution >= 0.6 is 0 Å². The van der Waals surface area contributed by atoms with Crippen molar-refractivity contribution in [3.63, 3.8) is 0 Å². The topological polar surface area (TPSA) is 62.5 Å². The largest absolute Gasteiger partial charge is 0.504 e. The molecular formula is C9H9NO3. The minimum Gasteiger partial charge on any atom is -0.504 e. The van der Waals surface area contributed by atoms with Crippen molar-refractivity contribution in [2.24, 2.45) is 0 Å². The molecule has 1 N–H and O–H groups in total. The number of ether oxygens (including phenoxy) is 2. The minimum absolute atomic E-state index is 0.0696. The number of methoxy groups -OCH3 is 2. The van der Waals surface area contributed by atoms with Crippen LogP contribution in [-0.2, 0) is 0 Å². The fourth-order valence-corrected chi connectivity index (χ4v) is 1.04. The van der Waals surface area contributed by atoms with Gasteiger partial charge >= 0.3 is 0 Å². The zero-order valence-electron chi connectivity index (χ0n) is 7.37. The van der Waals surface area contributed by atoms with E-state index in [2.05, 4.69) is 0 Å².